The minimum Gasteiger partial charge on any atom is -0.507 e. The molecule has 2 rings (SSSR count). The molecule has 0 unspecified atom stereocenters. The van der Waals surface area contributed by atoms with Crippen molar-refractivity contribution in [1.29, 1.82) is 0 Å². The first kappa shape index (κ1) is 20.8. The third-order valence-electron chi connectivity index (χ3n) is 4.33. The van der Waals surface area contributed by atoms with Crippen molar-refractivity contribution >= 4 is 11.9 Å². The quantitative estimate of drug-likeness (QED) is 0.696. The molecule has 0 spiro atoms. The SMILES string of the molecule is CC(C)(C)c1cc(/C=C/C(=O)COc2ccccc2)cc(C(C)(C)C)c1O. The Kier molecular flexibility index (Phi) is 6.15. The topological polar surface area (TPSA) is 46.5 Å². The highest BCUT2D eigenvalue weighted by molar-refractivity contribution is 5.94. The fourth-order valence-electron chi connectivity index (χ4n) is 2.80. The predicted molar refractivity (Wildman–Crippen MR) is 111 cm³/mol. The van der Waals surface area contributed by atoms with Crippen molar-refractivity contribution in [2.24, 2.45) is 0 Å². The second-order valence-corrected chi connectivity index (χ2v) is 8.87. The Balaban J connectivity index is 2.24. The van der Waals surface area contributed by atoms with Crippen LogP contribution in [-0.4, -0.2) is 17.5 Å². The average Bonchev–Trinajstić information content (AvgIpc) is 2.58. The van der Waals surface area contributed by atoms with Gasteiger partial charge < -0.3 is 9.84 Å². The van der Waals surface area contributed by atoms with E-state index in [0.29, 0.717) is 11.5 Å². The average molecular weight is 367 g/mol. The molecular weight excluding hydrogens is 336 g/mol. The lowest BCUT2D eigenvalue weighted by molar-refractivity contribution is -0.116. The number of phenols is 1. The molecule has 1 N–H and O–H groups in total. The first-order chi connectivity index (χ1) is 12.5. The molecule has 2 aromatic carbocycles. The number of hydrogen-bond donors (Lipinski definition) is 1. The number of carbonyl (C=O) groups excluding carboxylic acids is 1. The Labute approximate surface area is 162 Å². The number of rotatable bonds is 5. The number of hydrogen-bond acceptors (Lipinski definition) is 3. The Morgan fingerprint density at radius 1 is 0.963 bits per heavy atom. The highest BCUT2D eigenvalue weighted by atomic mass is 16.5. The summed E-state index contributed by atoms with van der Waals surface area (Å²) in [6, 6.07) is 13.2. The molecule has 3 nitrogen and oxygen atoms in total. The van der Waals surface area contributed by atoms with E-state index in [1.807, 2.05) is 42.5 Å². The van der Waals surface area contributed by atoms with E-state index >= 15 is 0 Å². The molecule has 3 heteroatoms. The zero-order valence-electron chi connectivity index (χ0n) is 17.2. The fourth-order valence-corrected chi connectivity index (χ4v) is 2.80. The van der Waals surface area contributed by atoms with Crippen molar-refractivity contribution in [3.8, 4) is 11.5 Å². The molecule has 0 heterocycles. The van der Waals surface area contributed by atoms with Crippen LogP contribution in [0.25, 0.3) is 6.08 Å². The summed E-state index contributed by atoms with van der Waals surface area (Å²) >= 11 is 0. The number of benzene rings is 2. The van der Waals surface area contributed by atoms with E-state index in [2.05, 4.69) is 41.5 Å². The van der Waals surface area contributed by atoms with Crippen molar-refractivity contribution in [3.05, 3.63) is 65.2 Å². The molecule has 2 aromatic rings. The molecule has 0 radical (unpaired) electrons. The zero-order valence-corrected chi connectivity index (χ0v) is 17.2. The molecule has 0 saturated heterocycles. The molecular formula is C24H30O3. The maximum atomic E-state index is 12.2. The van der Waals surface area contributed by atoms with E-state index in [9.17, 15) is 9.90 Å². The van der Waals surface area contributed by atoms with Crippen LogP contribution in [0.3, 0.4) is 0 Å². The lowest BCUT2D eigenvalue weighted by atomic mass is 9.78. The Hall–Kier alpha value is -2.55. The van der Waals surface area contributed by atoms with E-state index < -0.39 is 0 Å². The second kappa shape index (κ2) is 7.99. The second-order valence-electron chi connectivity index (χ2n) is 8.87. The van der Waals surface area contributed by atoms with Crippen molar-refractivity contribution in [2.45, 2.75) is 52.4 Å². The zero-order chi connectivity index (χ0) is 20.2. The number of ketones is 1. The molecule has 0 saturated carbocycles. The van der Waals surface area contributed by atoms with Crippen molar-refractivity contribution in [1.82, 2.24) is 0 Å². The molecule has 0 amide bonds. The maximum Gasteiger partial charge on any atom is 0.193 e. The molecule has 27 heavy (non-hydrogen) atoms. The Morgan fingerprint density at radius 3 is 1.96 bits per heavy atom. The van der Waals surface area contributed by atoms with Gasteiger partial charge in [-0.3, -0.25) is 4.79 Å². The number of ether oxygens (including phenoxy) is 1. The minimum atomic E-state index is -0.200. The molecule has 0 aliphatic rings. The van der Waals surface area contributed by atoms with Gasteiger partial charge in [-0.2, -0.15) is 0 Å². The number of carbonyl (C=O) groups is 1. The van der Waals surface area contributed by atoms with Crippen LogP contribution in [0.5, 0.6) is 11.5 Å². The van der Waals surface area contributed by atoms with Gasteiger partial charge in [0, 0.05) is 11.1 Å². The van der Waals surface area contributed by atoms with Gasteiger partial charge in [0.05, 0.1) is 0 Å². The summed E-state index contributed by atoms with van der Waals surface area (Å²) in [5.41, 5.74) is 2.25. The van der Waals surface area contributed by atoms with Crippen LogP contribution in [0.4, 0.5) is 0 Å². The molecule has 0 bridgehead atoms. The molecule has 0 fully saturated rings. The first-order valence-electron chi connectivity index (χ1n) is 9.25. The largest absolute Gasteiger partial charge is 0.507 e. The van der Waals surface area contributed by atoms with Crippen LogP contribution < -0.4 is 4.74 Å². The van der Waals surface area contributed by atoms with Gasteiger partial charge in [0.2, 0.25) is 0 Å². The van der Waals surface area contributed by atoms with Crippen LogP contribution in [0, 0.1) is 0 Å². The summed E-state index contributed by atoms with van der Waals surface area (Å²) in [7, 11) is 0. The predicted octanol–water partition coefficient (Wildman–Crippen LogP) is 5.65. The number of aromatic hydroxyl groups is 1. The molecule has 0 aliphatic heterocycles. The van der Waals surface area contributed by atoms with Crippen LogP contribution in [0.15, 0.2) is 48.5 Å². The van der Waals surface area contributed by atoms with Gasteiger partial charge in [0.25, 0.3) is 0 Å². The summed E-state index contributed by atoms with van der Waals surface area (Å²) < 4.78 is 5.49. The summed E-state index contributed by atoms with van der Waals surface area (Å²) in [6.45, 7) is 12.4. The van der Waals surface area contributed by atoms with E-state index in [-0.39, 0.29) is 23.2 Å². The Morgan fingerprint density at radius 2 is 1.48 bits per heavy atom. The number of phenolic OH excluding ortho intramolecular Hbond substituents is 1. The third-order valence-corrected chi connectivity index (χ3v) is 4.33. The van der Waals surface area contributed by atoms with Gasteiger partial charge in [-0.1, -0.05) is 65.8 Å². The Bertz CT molecular complexity index is 784. The third kappa shape index (κ3) is 5.72. The van der Waals surface area contributed by atoms with E-state index in [1.165, 1.54) is 6.08 Å². The van der Waals surface area contributed by atoms with Crippen LogP contribution in [0.2, 0.25) is 0 Å². The van der Waals surface area contributed by atoms with Gasteiger partial charge in [-0.15, -0.1) is 0 Å². The van der Waals surface area contributed by atoms with Gasteiger partial charge in [-0.05, 0) is 46.7 Å². The van der Waals surface area contributed by atoms with E-state index in [0.717, 1.165) is 16.7 Å². The molecule has 0 atom stereocenters. The van der Waals surface area contributed by atoms with Crippen molar-refractivity contribution in [3.63, 3.8) is 0 Å². The van der Waals surface area contributed by atoms with Gasteiger partial charge in [0.15, 0.2) is 12.4 Å². The van der Waals surface area contributed by atoms with Gasteiger partial charge in [0.1, 0.15) is 11.5 Å². The minimum absolute atomic E-state index is 0.00312. The van der Waals surface area contributed by atoms with Crippen LogP contribution >= 0.6 is 0 Å². The normalized spacial score (nSPS) is 12.4. The molecule has 144 valence electrons. The van der Waals surface area contributed by atoms with Gasteiger partial charge in [-0.25, -0.2) is 0 Å². The van der Waals surface area contributed by atoms with Crippen molar-refractivity contribution < 1.29 is 14.6 Å². The standard InChI is InChI=1S/C24H30O3/c1-23(2,3)20-14-17(15-21(22(20)26)24(4,5)6)12-13-18(25)16-27-19-10-8-7-9-11-19/h7-15,26H,16H2,1-6H3/b13-12+. The van der Waals surface area contributed by atoms with Crippen molar-refractivity contribution in [2.75, 3.05) is 6.61 Å². The first-order valence-corrected chi connectivity index (χ1v) is 9.25. The summed E-state index contributed by atoms with van der Waals surface area (Å²) in [4.78, 5) is 12.2. The highest BCUT2D eigenvalue weighted by Gasteiger charge is 2.26. The van der Waals surface area contributed by atoms with E-state index in [1.54, 1.807) is 6.08 Å². The van der Waals surface area contributed by atoms with Crippen LogP contribution in [-0.2, 0) is 15.6 Å². The summed E-state index contributed by atoms with van der Waals surface area (Å²) in [6.07, 6.45) is 3.33. The van der Waals surface area contributed by atoms with Crippen LogP contribution in [0.1, 0.15) is 58.2 Å². The smallest absolute Gasteiger partial charge is 0.193 e. The lowest BCUT2D eigenvalue weighted by Gasteiger charge is -2.27. The number of para-hydroxylation sites is 1. The fraction of sp³-hybridized carbons (Fsp3) is 0.375. The maximum absolute atomic E-state index is 12.2. The van der Waals surface area contributed by atoms with Gasteiger partial charge >= 0.3 is 0 Å². The summed E-state index contributed by atoms with van der Waals surface area (Å²) in [5, 5.41) is 10.8. The highest BCUT2D eigenvalue weighted by Crippen LogP contribution is 2.40. The lowest BCUT2D eigenvalue weighted by Crippen LogP contribution is -2.17. The monoisotopic (exact) mass is 366 g/mol. The summed E-state index contributed by atoms with van der Waals surface area (Å²) in [5.74, 6) is 0.904. The molecule has 0 aliphatic carbocycles. The molecule has 0 aromatic heterocycles. The van der Waals surface area contributed by atoms with E-state index in [4.69, 9.17) is 4.74 Å².